The minimum atomic E-state index is -1.14. The summed E-state index contributed by atoms with van der Waals surface area (Å²) < 4.78 is 5.55. The maximum Gasteiger partial charge on any atom is 0.335 e. The molecule has 35 heavy (non-hydrogen) atoms. The molecular formula is C24H26ClN3O6S. The van der Waals surface area contributed by atoms with Crippen LogP contribution in [0.1, 0.15) is 42.1 Å². The van der Waals surface area contributed by atoms with Crippen molar-refractivity contribution in [1.29, 1.82) is 0 Å². The van der Waals surface area contributed by atoms with Crippen LogP contribution in [-0.4, -0.2) is 57.8 Å². The van der Waals surface area contributed by atoms with Crippen LogP contribution in [-0.2, 0) is 14.3 Å². The number of nitrogens with zero attached hydrogens (tertiary/aromatic N) is 1. The zero-order valence-corrected chi connectivity index (χ0v) is 21.0. The van der Waals surface area contributed by atoms with Crippen molar-refractivity contribution in [2.75, 3.05) is 17.6 Å². The topological polar surface area (TPSA) is 125 Å². The number of benzene rings is 2. The quantitative estimate of drug-likeness (QED) is 0.486. The molecule has 2 aromatic carbocycles. The van der Waals surface area contributed by atoms with Gasteiger partial charge in [0.05, 0.1) is 17.5 Å². The number of carboxylic acid groups (broad SMARTS) is 1. The molecule has 0 aliphatic carbocycles. The monoisotopic (exact) mass is 519 g/mol. The molecule has 2 aromatic rings. The van der Waals surface area contributed by atoms with Gasteiger partial charge in [-0.1, -0.05) is 35.9 Å². The maximum atomic E-state index is 12.9. The lowest BCUT2D eigenvalue weighted by atomic mass is 10.1. The van der Waals surface area contributed by atoms with Gasteiger partial charge in [-0.2, -0.15) is 0 Å². The van der Waals surface area contributed by atoms with E-state index >= 15 is 0 Å². The first-order chi connectivity index (χ1) is 16.4. The lowest BCUT2D eigenvalue weighted by Gasteiger charge is -2.30. The number of carbonyl (C=O) groups excluding carboxylic acids is 3. The molecule has 1 saturated heterocycles. The van der Waals surface area contributed by atoms with E-state index in [1.165, 1.54) is 36.0 Å². The molecule has 0 radical (unpaired) electrons. The third-order valence-corrected chi connectivity index (χ3v) is 6.60. The summed E-state index contributed by atoms with van der Waals surface area (Å²) >= 11 is 7.84. The summed E-state index contributed by atoms with van der Waals surface area (Å²) in [5.74, 6) is -1.88. The van der Waals surface area contributed by atoms with Crippen LogP contribution in [0.15, 0.2) is 48.5 Å². The van der Waals surface area contributed by atoms with E-state index < -0.39 is 40.9 Å². The Bertz CT molecular complexity index is 1140. The van der Waals surface area contributed by atoms with Gasteiger partial charge in [-0.05, 0) is 50.6 Å². The number of carbonyl (C=O) groups is 4. The van der Waals surface area contributed by atoms with Crippen LogP contribution < -0.4 is 10.6 Å². The van der Waals surface area contributed by atoms with Crippen molar-refractivity contribution in [3.8, 4) is 0 Å². The number of urea groups is 1. The Morgan fingerprint density at radius 1 is 1.14 bits per heavy atom. The van der Waals surface area contributed by atoms with Crippen LogP contribution in [0.25, 0.3) is 0 Å². The lowest BCUT2D eigenvalue weighted by molar-refractivity contribution is -0.160. The Morgan fingerprint density at radius 2 is 1.86 bits per heavy atom. The third kappa shape index (κ3) is 7.20. The number of rotatable bonds is 6. The fourth-order valence-electron chi connectivity index (χ4n) is 3.47. The minimum Gasteiger partial charge on any atom is -0.478 e. The highest BCUT2D eigenvalue weighted by Crippen LogP contribution is 2.44. The highest BCUT2D eigenvalue weighted by Gasteiger charge is 2.42. The van der Waals surface area contributed by atoms with Crippen LogP contribution in [0.4, 0.5) is 10.5 Å². The number of imide groups is 1. The molecule has 0 unspecified atom stereocenters. The summed E-state index contributed by atoms with van der Waals surface area (Å²) in [7, 11) is 0. The number of hydrogen-bond donors (Lipinski definition) is 3. The molecule has 1 heterocycles. The van der Waals surface area contributed by atoms with Gasteiger partial charge in [-0.25, -0.2) is 9.59 Å². The molecule has 1 aliphatic rings. The van der Waals surface area contributed by atoms with Gasteiger partial charge in [0.1, 0.15) is 11.6 Å². The van der Waals surface area contributed by atoms with Gasteiger partial charge in [0.15, 0.2) is 0 Å². The van der Waals surface area contributed by atoms with E-state index in [2.05, 4.69) is 10.6 Å². The molecule has 3 N–H and O–H groups in total. The lowest BCUT2D eigenvalue weighted by Crippen LogP contribution is -2.48. The standard InChI is InChI=1S/C24H26ClN3O6S/c1-24(2,3)34-22(32)18-13-35-20(16-9-4-5-10-17(16)25)28(18)12-19(29)27-23(33)26-15-8-6-7-14(11-15)21(30)31/h4-11,18,20H,12-13H2,1-3H3,(H,30,31)(H2,26,27,29,33)/t18-,20+/m0/s1. The number of ether oxygens (including phenoxy) is 1. The second-order valence-electron chi connectivity index (χ2n) is 8.82. The number of halogens is 1. The number of nitrogens with one attached hydrogen (secondary N) is 2. The normalized spacial score (nSPS) is 18.1. The molecule has 1 fully saturated rings. The minimum absolute atomic E-state index is 0.00833. The second kappa shape index (κ2) is 11.1. The van der Waals surface area contributed by atoms with Crippen LogP contribution in [0.3, 0.4) is 0 Å². The smallest absolute Gasteiger partial charge is 0.335 e. The van der Waals surface area contributed by atoms with Gasteiger partial charge in [-0.3, -0.25) is 19.8 Å². The van der Waals surface area contributed by atoms with Crippen molar-refractivity contribution in [3.05, 3.63) is 64.7 Å². The van der Waals surface area contributed by atoms with Gasteiger partial charge < -0.3 is 15.2 Å². The summed E-state index contributed by atoms with van der Waals surface area (Å²) in [6, 6.07) is 11.2. The summed E-state index contributed by atoms with van der Waals surface area (Å²) in [5.41, 5.74) is 0.245. The van der Waals surface area contributed by atoms with Gasteiger partial charge >= 0.3 is 18.0 Å². The molecule has 1 aliphatic heterocycles. The van der Waals surface area contributed by atoms with Crippen molar-refractivity contribution >= 4 is 52.9 Å². The van der Waals surface area contributed by atoms with Crippen LogP contribution in [0, 0.1) is 0 Å². The Morgan fingerprint density at radius 3 is 2.51 bits per heavy atom. The number of hydrogen-bond acceptors (Lipinski definition) is 7. The molecule has 0 spiro atoms. The van der Waals surface area contributed by atoms with E-state index in [4.69, 9.17) is 21.4 Å². The molecule has 0 aromatic heterocycles. The van der Waals surface area contributed by atoms with E-state index in [9.17, 15) is 19.2 Å². The summed E-state index contributed by atoms with van der Waals surface area (Å²) in [6.07, 6.45) is 0. The van der Waals surface area contributed by atoms with E-state index in [0.29, 0.717) is 10.8 Å². The first-order valence-electron chi connectivity index (χ1n) is 10.7. The van der Waals surface area contributed by atoms with Crippen molar-refractivity contribution in [2.24, 2.45) is 0 Å². The van der Waals surface area contributed by atoms with Gasteiger partial charge in [0, 0.05) is 16.5 Å². The van der Waals surface area contributed by atoms with E-state index in [1.807, 2.05) is 12.1 Å². The predicted octanol–water partition coefficient (Wildman–Crippen LogP) is 4.14. The van der Waals surface area contributed by atoms with E-state index in [1.54, 1.807) is 37.8 Å². The van der Waals surface area contributed by atoms with Crippen molar-refractivity contribution < 1.29 is 29.0 Å². The average molecular weight is 520 g/mol. The fourth-order valence-corrected chi connectivity index (χ4v) is 5.27. The van der Waals surface area contributed by atoms with Crippen molar-refractivity contribution in [1.82, 2.24) is 10.2 Å². The molecular weight excluding hydrogens is 494 g/mol. The first kappa shape index (κ1) is 26.5. The summed E-state index contributed by atoms with van der Waals surface area (Å²) in [4.78, 5) is 50.8. The van der Waals surface area contributed by atoms with Crippen molar-refractivity contribution in [3.63, 3.8) is 0 Å². The third-order valence-electron chi connectivity index (χ3n) is 4.91. The largest absolute Gasteiger partial charge is 0.478 e. The number of aromatic carboxylic acids is 1. The second-order valence-corrected chi connectivity index (χ2v) is 10.3. The van der Waals surface area contributed by atoms with E-state index in [-0.39, 0.29) is 17.8 Å². The zero-order valence-electron chi connectivity index (χ0n) is 19.4. The molecule has 3 amide bonds. The van der Waals surface area contributed by atoms with Gasteiger partial charge in [0.2, 0.25) is 5.91 Å². The highest BCUT2D eigenvalue weighted by atomic mass is 35.5. The molecule has 0 bridgehead atoms. The Hall–Kier alpha value is -3.08. The zero-order chi connectivity index (χ0) is 25.8. The molecule has 2 atom stereocenters. The van der Waals surface area contributed by atoms with Gasteiger partial charge in [-0.15, -0.1) is 11.8 Å². The molecule has 0 saturated carbocycles. The van der Waals surface area contributed by atoms with Crippen LogP contribution >= 0.6 is 23.4 Å². The number of thioether (sulfide) groups is 1. The van der Waals surface area contributed by atoms with Crippen LogP contribution in [0.2, 0.25) is 5.02 Å². The Balaban J connectivity index is 1.74. The van der Waals surface area contributed by atoms with Gasteiger partial charge in [0.25, 0.3) is 0 Å². The Kier molecular flexibility index (Phi) is 8.42. The predicted molar refractivity (Wildman–Crippen MR) is 134 cm³/mol. The summed E-state index contributed by atoms with van der Waals surface area (Å²) in [5, 5.41) is 13.9. The maximum absolute atomic E-state index is 12.9. The summed E-state index contributed by atoms with van der Waals surface area (Å²) in [6.45, 7) is 5.02. The number of anilines is 1. The molecule has 9 nitrogen and oxygen atoms in total. The number of carboxylic acids is 1. The Labute approximate surface area is 212 Å². The molecule has 3 rings (SSSR count). The number of esters is 1. The number of amides is 3. The van der Waals surface area contributed by atoms with Crippen LogP contribution in [0.5, 0.6) is 0 Å². The fraction of sp³-hybridized carbons (Fsp3) is 0.333. The molecule has 11 heteroatoms. The molecule has 186 valence electrons. The average Bonchev–Trinajstić information content (AvgIpc) is 3.16. The SMILES string of the molecule is CC(C)(C)OC(=O)[C@@H]1CS[C@H](c2ccccc2Cl)N1CC(=O)NC(=O)Nc1cccc(C(=O)O)c1. The highest BCUT2D eigenvalue weighted by molar-refractivity contribution is 7.99. The van der Waals surface area contributed by atoms with Crippen molar-refractivity contribution in [2.45, 2.75) is 37.8 Å². The first-order valence-corrected chi connectivity index (χ1v) is 12.2. The van der Waals surface area contributed by atoms with E-state index in [0.717, 1.165) is 5.56 Å².